The van der Waals surface area contributed by atoms with Crippen molar-refractivity contribution in [2.45, 2.75) is 44.4 Å². The van der Waals surface area contributed by atoms with Crippen molar-refractivity contribution in [2.75, 3.05) is 42.9 Å². The molecule has 1 fully saturated rings. The van der Waals surface area contributed by atoms with E-state index in [0.29, 0.717) is 11.4 Å². The van der Waals surface area contributed by atoms with E-state index in [1.165, 1.54) is 29.9 Å². The summed E-state index contributed by atoms with van der Waals surface area (Å²) in [7, 11) is -2.09. The van der Waals surface area contributed by atoms with Crippen LogP contribution in [0.2, 0.25) is 0 Å². The molecule has 2 aliphatic rings. The summed E-state index contributed by atoms with van der Waals surface area (Å²) < 4.78 is 30.8. The van der Waals surface area contributed by atoms with Crippen molar-refractivity contribution in [3.05, 3.63) is 59.0 Å². The first-order valence-corrected chi connectivity index (χ1v) is 13.6. The second-order valence-corrected chi connectivity index (χ2v) is 10.9. The Morgan fingerprint density at radius 3 is 2.23 bits per heavy atom. The van der Waals surface area contributed by atoms with Gasteiger partial charge in [0.1, 0.15) is 5.82 Å². The Balaban J connectivity index is 1.45. The molecule has 0 bridgehead atoms. The predicted molar refractivity (Wildman–Crippen MR) is 136 cm³/mol. The molecular weight excluding hydrogens is 464 g/mol. The summed E-state index contributed by atoms with van der Waals surface area (Å²) >= 11 is 0. The lowest BCUT2D eigenvalue weighted by Gasteiger charge is -2.35. The number of rotatable bonds is 6. The second-order valence-electron chi connectivity index (χ2n) is 9.19. The van der Waals surface area contributed by atoms with E-state index in [1.54, 1.807) is 25.3 Å². The maximum Gasteiger partial charge on any atom is 0.264 e. The first kappa shape index (κ1) is 23.8. The van der Waals surface area contributed by atoms with Crippen LogP contribution in [0, 0.1) is 13.8 Å². The third-order valence-electron chi connectivity index (χ3n) is 6.72. The fourth-order valence-corrected chi connectivity index (χ4v) is 5.97. The predicted octanol–water partition coefficient (Wildman–Crippen LogP) is 3.25. The quantitative estimate of drug-likeness (QED) is 0.560. The highest BCUT2D eigenvalue weighted by Gasteiger charge is 2.26. The summed E-state index contributed by atoms with van der Waals surface area (Å²) in [6.45, 7) is 7.06. The van der Waals surface area contributed by atoms with Gasteiger partial charge in [-0.05, 0) is 81.5 Å². The lowest BCUT2D eigenvalue weighted by molar-refractivity contribution is -0.133. The van der Waals surface area contributed by atoms with E-state index in [1.807, 2.05) is 31.0 Å². The zero-order valence-electron chi connectivity index (χ0n) is 20.5. The number of fused-ring (bicyclic) bond motifs is 1. The molecule has 0 radical (unpaired) electrons. The van der Waals surface area contributed by atoms with Gasteiger partial charge in [-0.2, -0.15) is 5.06 Å². The van der Waals surface area contributed by atoms with Crippen LogP contribution in [0.5, 0.6) is 0 Å². The molecule has 0 amide bonds. The lowest BCUT2D eigenvalue weighted by Crippen LogP contribution is -2.46. The second kappa shape index (κ2) is 9.60. The average molecular weight is 497 g/mol. The molecule has 1 aliphatic heterocycles. The summed E-state index contributed by atoms with van der Waals surface area (Å²) in [6, 6.07) is 11.2. The molecule has 10 heteroatoms. The molecule has 1 aliphatic carbocycles. The number of nitrogens with one attached hydrogen (secondary N) is 1. The van der Waals surface area contributed by atoms with Crippen molar-refractivity contribution in [1.82, 2.24) is 19.6 Å². The van der Waals surface area contributed by atoms with Crippen LogP contribution in [0.4, 0.5) is 11.8 Å². The fraction of sp³-hybridized carbons (Fsp3) is 0.440. The molecular formula is C25H32N6O3S. The molecule has 0 unspecified atom stereocenters. The summed E-state index contributed by atoms with van der Waals surface area (Å²) in [5.74, 6) is 1.26. The molecule has 9 nitrogen and oxygen atoms in total. The van der Waals surface area contributed by atoms with Gasteiger partial charge in [0.25, 0.3) is 10.0 Å². The van der Waals surface area contributed by atoms with Crippen LogP contribution in [0.15, 0.2) is 41.3 Å². The number of sulfonamides is 1. The van der Waals surface area contributed by atoms with Crippen LogP contribution in [-0.2, 0) is 27.7 Å². The average Bonchev–Trinajstić information content (AvgIpc) is 3.23. The molecule has 2 aromatic heterocycles. The molecule has 0 atom stereocenters. The Labute approximate surface area is 206 Å². The fourth-order valence-electron chi connectivity index (χ4n) is 5.03. The van der Waals surface area contributed by atoms with Crippen molar-refractivity contribution in [3.63, 3.8) is 0 Å². The number of benzene rings is 1. The minimum absolute atomic E-state index is 0.0866. The van der Waals surface area contributed by atoms with Gasteiger partial charge in [-0.15, -0.1) is 0 Å². The highest BCUT2D eigenvalue weighted by Crippen LogP contribution is 2.34. The topological polar surface area (TPSA) is 92.6 Å². The van der Waals surface area contributed by atoms with Crippen LogP contribution < -0.4 is 9.62 Å². The SMILES string of the molecule is CON1CCN(c2cc3c(n2-c2ccc(S(=O)(=O)Nc4nc(C)cc(C)n4)cc2)CCCC3)CC1. The first-order chi connectivity index (χ1) is 16.8. The molecule has 1 saturated heterocycles. The van der Waals surface area contributed by atoms with Crippen molar-refractivity contribution in [1.29, 1.82) is 0 Å². The first-order valence-electron chi connectivity index (χ1n) is 12.1. The van der Waals surface area contributed by atoms with Gasteiger partial charge < -0.3 is 14.3 Å². The molecule has 5 rings (SSSR count). The highest BCUT2D eigenvalue weighted by molar-refractivity contribution is 7.92. The zero-order valence-corrected chi connectivity index (χ0v) is 21.3. The molecule has 186 valence electrons. The third kappa shape index (κ3) is 4.91. The van der Waals surface area contributed by atoms with E-state index in [9.17, 15) is 8.42 Å². The number of aryl methyl sites for hydroxylation is 3. The van der Waals surface area contributed by atoms with E-state index in [4.69, 9.17) is 4.84 Å². The van der Waals surface area contributed by atoms with Crippen LogP contribution in [0.25, 0.3) is 5.69 Å². The maximum atomic E-state index is 13.0. The van der Waals surface area contributed by atoms with Crippen LogP contribution in [0.1, 0.15) is 35.5 Å². The molecule has 1 N–H and O–H groups in total. The Morgan fingerprint density at radius 1 is 0.914 bits per heavy atom. The Bertz CT molecular complexity index is 1290. The third-order valence-corrected chi connectivity index (χ3v) is 8.06. The van der Waals surface area contributed by atoms with Crippen LogP contribution in [-0.4, -0.2) is 61.3 Å². The van der Waals surface area contributed by atoms with E-state index in [-0.39, 0.29) is 10.8 Å². The van der Waals surface area contributed by atoms with Crippen LogP contribution >= 0.6 is 0 Å². The standard InChI is InChI=1S/C25H32N6O3S/c1-18-16-19(2)27-25(26-18)28-35(32,33)22-10-8-21(9-11-22)31-23-7-5-4-6-20(23)17-24(31)29-12-14-30(34-3)15-13-29/h8-11,16-17H,4-7,12-15H2,1-3H3,(H,26,27,28). The largest absolute Gasteiger partial charge is 0.355 e. The number of anilines is 2. The number of hydrogen-bond donors (Lipinski definition) is 1. The molecule has 3 aromatic rings. The molecule has 0 saturated carbocycles. The normalized spacial score (nSPS) is 16.8. The van der Waals surface area contributed by atoms with Gasteiger partial charge in [0, 0.05) is 48.9 Å². The minimum atomic E-state index is -3.80. The number of aromatic nitrogens is 3. The number of hydrogen-bond acceptors (Lipinski definition) is 7. The Kier molecular flexibility index (Phi) is 6.52. The van der Waals surface area contributed by atoms with Crippen molar-refractivity contribution in [2.24, 2.45) is 0 Å². The summed E-state index contributed by atoms with van der Waals surface area (Å²) in [5, 5.41) is 1.98. The Morgan fingerprint density at radius 2 is 1.57 bits per heavy atom. The summed E-state index contributed by atoms with van der Waals surface area (Å²) in [6.07, 6.45) is 4.48. The molecule has 0 spiro atoms. The van der Waals surface area contributed by atoms with E-state index < -0.39 is 10.0 Å². The zero-order chi connectivity index (χ0) is 24.6. The van der Waals surface area contributed by atoms with Gasteiger partial charge in [0.15, 0.2) is 0 Å². The van der Waals surface area contributed by atoms with Gasteiger partial charge in [-0.3, -0.25) is 0 Å². The molecule has 35 heavy (non-hydrogen) atoms. The van der Waals surface area contributed by atoms with Gasteiger partial charge in [-0.25, -0.2) is 23.1 Å². The van der Waals surface area contributed by atoms with Crippen molar-refractivity contribution in [3.8, 4) is 5.69 Å². The van der Waals surface area contributed by atoms with Gasteiger partial charge in [-0.1, -0.05) is 0 Å². The smallest absolute Gasteiger partial charge is 0.264 e. The lowest BCUT2D eigenvalue weighted by atomic mass is 9.98. The van der Waals surface area contributed by atoms with Crippen molar-refractivity contribution >= 4 is 21.8 Å². The molecule has 3 heterocycles. The number of hydroxylamine groups is 2. The maximum absolute atomic E-state index is 13.0. The Hall–Kier alpha value is -2.95. The summed E-state index contributed by atoms with van der Waals surface area (Å²) in [4.78, 5) is 16.4. The minimum Gasteiger partial charge on any atom is -0.355 e. The number of piperazine rings is 1. The number of nitrogens with zero attached hydrogens (tertiary/aromatic N) is 5. The van der Waals surface area contributed by atoms with Gasteiger partial charge in [0.2, 0.25) is 5.95 Å². The van der Waals surface area contributed by atoms with E-state index >= 15 is 0 Å². The van der Waals surface area contributed by atoms with E-state index in [0.717, 1.165) is 44.7 Å². The molecule has 1 aromatic carbocycles. The van der Waals surface area contributed by atoms with E-state index in [2.05, 4.69) is 30.2 Å². The van der Waals surface area contributed by atoms with Crippen LogP contribution in [0.3, 0.4) is 0 Å². The van der Waals surface area contributed by atoms with Gasteiger partial charge >= 0.3 is 0 Å². The summed E-state index contributed by atoms with van der Waals surface area (Å²) in [5.41, 5.74) is 5.12. The van der Waals surface area contributed by atoms with Crippen molar-refractivity contribution < 1.29 is 13.3 Å². The highest BCUT2D eigenvalue weighted by atomic mass is 32.2. The monoisotopic (exact) mass is 496 g/mol. The van der Waals surface area contributed by atoms with Gasteiger partial charge in [0.05, 0.1) is 12.0 Å².